The molecule has 0 fully saturated rings. The number of hydrogen-bond acceptors (Lipinski definition) is 1. The maximum atomic E-state index is 5.89. The largest absolute Gasteiger partial charge is 0.493 e. The summed E-state index contributed by atoms with van der Waals surface area (Å²) in [6.07, 6.45) is 0. The lowest BCUT2D eigenvalue weighted by Crippen LogP contribution is -2.19. The van der Waals surface area contributed by atoms with Crippen molar-refractivity contribution in [1.29, 1.82) is 0 Å². The zero-order chi connectivity index (χ0) is 13.0. The topological polar surface area (TPSA) is 9.23 Å². The molecule has 0 saturated carbocycles. The summed E-state index contributed by atoms with van der Waals surface area (Å²) in [4.78, 5) is 0. The summed E-state index contributed by atoms with van der Waals surface area (Å²) < 4.78 is 7.06. The molecule has 0 spiro atoms. The summed E-state index contributed by atoms with van der Waals surface area (Å²) in [7, 11) is 0. The first kappa shape index (κ1) is 15.0. The van der Waals surface area contributed by atoms with Crippen molar-refractivity contribution in [3.8, 4) is 5.75 Å². The Hall–Kier alpha value is -0.0200. The number of ether oxygens (including phenoxy) is 1. The van der Waals surface area contributed by atoms with Crippen LogP contribution < -0.4 is 4.74 Å². The summed E-state index contributed by atoms with van der Waals surface area (Å²) in [6.45, 7) is 9.41. The van der Waals surface area contributed by atoms with E-state index in [1.165, 1.54) is 15.6 Å². The van der Waals surface area contributed by atoms with Crippen LogP contribution in [0, 0.1) is 25.7 Å². The molecule has 1 unspecified atom stereocenters. The first-order valence-corrected chi connectivity index (χ1v) is 7.82. The second kappa shape index (κ2) is 6.79. The number of benzene rings is 1. The van der Waals surface area contributed by atoms with E-state index in [0.29, 0.717) is 11.8 Å². The Bertz CT molecular complexity index is 351. The molecule has 1 aromatic rings. The molecule has 0 bridgehead atoms. The predicted molar refractivity (Wildman–Crippen MR) is 81.2 cm³/mol. The fourth-order valence-electron chi connectivity index (χ4n) is 1.61. The van der Waals surface area contributed by atoms with Crippen LogP contribution in [0.1, 0.15) is 25.0 Å². The van der Waals surface area contributed by atoms with Crippen LogP contribution in [0.2, 0.25) is 0 Å². The molecule has 17 heavy (non-hydrogen) atoms. The highest BCUT2D eigenvalue weighted by Gasteiger charge is 2.13. The zero-order valence-electron chi connectivity index (χ0n) is 10.9. The van der Waals surface area contributed by atoms with Crippen molar-refractivity contribution in [2.75, 3.05) is 11.9 Å². The highest BCUT2D eigenvalue weighted by atomic mass is 79.9. The molecule has 1 aromatic carbocycles. The third-order valence-electron chi connectivity index (χ3n) is 3.02. The molecule has 1 nitrogen and oxygen atoms in total. The normalized spacial score (nSPS) is 12.9. The molecule has 96 valence electrons. The number of alkyl halides is 1. The number of halogens is 2. The van der Waals surface area contributed by atoms with E-state index in [0.717, 1.165) is 17.7 Å². The molecule has 0 aromatic heterocycles. The molecule has 0 aliphatic heterocycles. The first-order valence-electron chi connectivity index (χ1n) is 5.91. The Balaban J connectivity index is 2.69. The van der Waals surface area contributed by atoms with Gasteiger partial charge in [0.1, 0.15) is 5.75 Å². The SMILES string of the molecule is Cc1cc(OCC(CBr)C(C)C)cc(C)c1Br. The fraction of sp³-hybridized carbons (Fsp3) is 0.571. The standard InChI is InChI=1S/C14H20Br2O/c1-9(2)12(7-15)8-17-13-5-10(3)14(16)11(4)6-13/h5-6,9,12H,7-8H2,1-4H3. The lowest BCUT2D eigenvalue weighted by Gasteiger charge is -2.19. The minimum absolute atomic E-state index is 0.555. The van der Waals surface area contributed by atoms with E-state index >= 15 is 0 Å². The molecular formula is C14H20Br2O. The monoisotopic (exact) mass is 362 g/mol. The van der Waals surface area contributed by atoms with Crippen molar-refractivity contribution in [3.63, 3.8) is 0 Å². The summed E-state index contributed by atoms with van der Waals surface area (Å²) in [6, 6.07) is 4.17. The molecular weight excluding hydrogens is 344 g/mol. The minimum Gasteiger partial charge on any atom is -0.493 e. The van der Waals surface area contributed by atoms with Gasteiger partial charge in [-0.2, -0.15) is 0 Å². The fourth-order valence-corrected chi connectivity index (χ4v) is 2.77. The van der Waals surface area contributed by atoms with Gasteiger partial charge in [0.15, 0.2) is 0 Å². The van der Waals surface area contributed by atoms with Gasteiger partial charge in [-0.1, -0.05) is 45.7 Å². The van der Waals surface area contributed by atoms with Crippen molar-refractivity contribution < 1.29 is 4.74 Å². The van der Waals surface area contributed by atoms with Crippen LogP contribution in [0.25, 0.3) is 0 Å². The van der Waals surface area contributed by atoms with E-state index in [1.807, 2.05) is 0 Å². The highest BCUT2D eigenvalue weighted by Crippen LogP contribution is 2.27. The van der Waals surface area contributed by atoms with E-state index < -0.39 is 0 Å². The van der Waals surface area contributed by atoms with Crippen LogP contribution in [0.15, 0.2) is 16.6 Å². The van der Waals surface area contributed by atoms with Gasteiger partial charge in [0.2, 0.25) is 0 Å². The highest BCUT2D eigenvalue weighted by molar-refractivity contribution is 9.10. The van der Waals surface area contributed by atoms with Crippen LogP contribution in [-0.2, 0) is 0 Å². The van der Waals surface area contributed by atoms with Crippen molar-refractivity contribution in [1.82, 2.24) is 0 Å². The lowest BCUT2D eigenvalue weighted by molar-refractivity contribution is 0.227. The van der Waals surface area contributed by atoms with Gasteiger partial charge in [0.25, 0.3) is 0 Å². The molecule has 0 N–H and O–H groups in total. The Morgan fingerprint density at radius 2 is 1.71 bits per heavy atom. The summed E-state index contributed by atoms with van der Waals surface area (Å²) in [5.41, 5.74) is 2.44. The summed E-state index contributed by atoms with van der Waals surface area (Å²) >= 11 is 7.11. The van der Waals surface area contributed by atoms with E-state index in [4.69, 9.17) is 4.74 Å². The number of rotatable bonds is 5. The first-order chi connectivity index (χ1) is 7.95. The summed E-state index contributed by atoms with van der Waals surface area (Å²) in [5.74, 6) is 2.15. The Morgan fingerprint density at radius 1 is 1.18 bits per heavy atom. The van der Waals surface area contributed by atoms with E-state index in [-0.39, 0.29) is 0 Å². The van der Waals surface area contributed by atoms with Gasteiger partial charge in [-0.15, -0.1) is 0 Å². The maximum absolute atomic E-state index is 5.89. The number of hydrogen-bond donors (Lipinski definition) is 0. The second-order valence-electron chi connectivity index (χ2n) is 4.84. The Kier molecular flexibility index (Phi) is 6.01. The van der Waals surface area contributed by atoms with Gasteiger partial charge in [0.05, 0.1) is 6.61 Å². The van der Waals surface area contributed by atoms with Crippen LogP contribution in [0.3, 0.4) is 0 Å². The molecule has 3 heteroatoms. The number of aryl methyl sites for hydroxylation is 2. The van der Waals surface area contributed by atoms with Gasteiger partial charge < -0.3 is 4.74 Å². The van der Waals surface area contributed by atoms with Gasteiger partial charge in [-0.3, -0.25) is 0 Å². The van der Waals surface area contributed by atoms with Crippen LogP contribution in [0.4, 0.5) is 0 Å². The smallest absolute Gasteiger partial charge is 0.119 e. The molecule has 0 saturated heterocycles. The van der Waals surface area contributed by atoms with E-state index in [1.54, 1.807) is 0 Å². The van der Waals surface area contributed by atoms with E-state index in [2.05, 4.69) is 71.7 Å². The Morgan fingerprint density at radius 3 is 2.12 bits per heavy atom. The lowest BCUT2D eigenvalue weighted by atomic mass is 9.99. The van der Waals surface area contributed by atoms with Gasteiger partial charge in [-0.05, 0) is 43.0 Å². The van der Waals surface area contributed by atoms with Crippen molar-refractivity contribution in [3.05, 3.63) is 27.7 Å². The average Bonchev–Trinajstić information content (AvgIpc) is 2.26. The zero-order valence-corrected chi connectivity index (χ0v) is 14.1. The van der Waals surface area contributed by atoms with Crippen LogP contribution >= 0.6 is 31.9 Å². The average molecular weight is 364 g/mol. The minimum atomic E-state index is 0.555. The van der Waals surface area contributed by atoms with Gasteiger partial charge in [0, 0.05) is 15.7 Å². The molecule has 0 radical (unpaired) electrons. The quantitative estimate of drug-likeness (QED) is 0.660. The third-order valence-corrected chi connectivity index (χ3v) is 5.10. The second-order valence-corrected chi connectivity index (χ2v) is 6.28. The van der Waals surface area contributed by atoms with E-state index in [9.17, 15) is 0 Å². The van der Waals surface area contributed by atoms with Crippen molar-refractivity contribution in [2.45, 2.75) is 27.7 Å². The Labute approximate surface area is 121 Å². The molecule has 1 atom stereocenters. The van der Waals surface area contributed by atoms with Gasteiger partial charge in [-0.25, -0.2) is 0 Å². The molecule has 0 aliphatic rings. The predicted octanol–water partition coefficient (Wildman–Crippen LogP) is 5.11. The van der Waals surface area contributed by atoms with Crippen LogP contribution in [0.5, 0.6) is 5.75 Å². The van der Waals surface area contributed by atoms with Crippen molar-refractivity contribution in [2.24, 2.45) is 11.8 Å². The molecule has 1 rings (SSSR count). The molecule has 0 heterocycles. The molecule has 0 aliphatic carbocycles. The van der Waals surface area contributed by atoms with Crippen LogP contribution in [-0.4, -0.2) is 11.9 Å². The van der Waals surface area contributed by atoms with Crippen molar-refractivity contribution >= 4 is 31.9 Å². The maximum Gasteiger partial charge on any atom is 0.119 e. The molecule has 0 amide bonds. The van der Waals surface area contributed by atoms with Gasteiger partial charge >= 0.3 is 0 Å². The summed E-state index contributed by atoms with van der Waals surface area (Å²) in [5, 5.41) is 0.985. The third kappa shape index (κ3) is 4.29.